The van der Waals surface area contributed by atoms with Crippen LogP contribution < -0.4 is 5.56 Å². The van der Waals surface area contributed by atoms with Gasteiger partial charge in [0.05, 0.1) is 18.2 Å². The summed E-state index contributed by atoms with van der Waals surface area (Å²) in [6, 6.07) is 11.6. The summed E-state index contributed by atoms with van der Waals surface area (Å²) < 4.78 is 10.6. The third-order valence-electron chi connectivity index (χ3n) is 5.52. The van der Waals surface area contributed by atoms with Gasteiger partial charge in [-0.3, -0.25) is 4.79 Å². The summed E-state index contributed by atoms with van der Waals surface area (Å²) in [5.74, 6) is 1.08. The van der Waals surface area contributed by atoms with Crippen molar-refractivity contribution in [2.75, 3.05) is 13.7 Å². The third-order valence-corrected chi connectivity index (χ3v) is 5.52. The molecule has 0 saturated carbocycles. The number of hydrogen-bond donors (Lipinski definition) is 0. The molecule has 0 unspecified atom stereocenters. The molecule has 0 amide bonds. The summed E-state index contributed by atoms with van der Waals surface area (Å²) in [5, 5.41) is 15.0. The first-order valence-corrected chi connectivity index (χ1v) is 10.4. The molecule has 4 heterocycles. The van der Waals surface area contributed by atoms with E-state index in [0.29, 0.717) is 35.9 Å². The number of nitrogens with zero attached hydrogens (tertiary/aromatic N) is 7. The molecule has 5 rings (SSSR count). The third kappa shape index (κ3) is 3.36. The minimum atomic E-state index is -0.223. The Morgan fingerprint density at radius 2 is 2.00 bits per heavy atom. The van der Waals surface area contributed by atoms with Crippen molar-refractivity contribution in [1.29, 1.82) is 0 Å². The smallest absolute Gasteiger partial charge is 0.280 e. The normalized spacial score (nSPS) is 11.8. The molecule has 9 heteroatoms. The predicted molar refractivity (Wildman–Crippen MR) is 122 cm³/mol. The van der Waals surface area contributed by atoms with E-state index in [1.807, 2.05) is 41.1 Å². The average Bonchev–Trinajstić information content (AvgIpc) is 3.44. The molecule has 0 N–H and O–H groups in total. The summed E-state index contributed by atoms with van der Waals surface area (Å²) in [6.07, 6.45) is 5.39. The maximum Gasteiger partial charge on any atom is 0.280 e. The molecule has 5 aromatic rings. The lowest BCUT2D eigenvalue weighted by atomic mass is 10.1. The average molecular weight is 429 g/mol. The van der Waals surface area contributed by atoms with Crippen molar-refractivity contribution >= 4 is 21.7 Å². The Kier molecular flexibility index (Phi) is 5.02. The summed E-state index contributed by atoms with van der Waals surface area (Å²) in [7, 11) is 1.68. The molecule has 162 valence electrons. The fourth-order valence-corrected chi connectivity index (χ4v) is 3.85. The molecule has 0 aliphatic carbocycles. The number of benzene rings is 1. The quantitative estimate of drug-likeness (QED) is 0.411. The van der Waals surface area contributed by atoms with E-state index in [9.17, 15) is 4.79 Å². The van der Waals surface area contributed by atoms with E-state index in [-0.39, 0.29) is 11.6 Å². The van der Waals surface area contributed by atoms with E-state index < -0.39 is 0 Å². The van der Waals surface area contributed by atoms with Crippen molar-refractivity contribution in [2.24, 2.45) is 0 Å². The minimum absolute atomic E-state index is 0.184. The van der Waals surface area contributed by atoms with Crippen molar-refractivity contribution in [3.05, 3.63) is 65.5 Å². The van der Waals surface area contributed by atoms with Crippen molar-refractivity contribution in [1.82, 2.24) is 34.1 Å². The SMILES string of the molecule is COCCn1ccc2cc3cnn(-c4cccc(-c5nncn5C(C)C)n4)c(=O)c3cc21. The van der Waals surface area contributed by atoms with Gasteiger partial charge in [-0.25, -0.2) is 4.98 Å². The van der Waals surface area contributed by atoms with Crippen molar-refractivity contribution in [2.45, 2.75) is 26.4 Å². The second-order valence-electron chi connectivity index (χ2n) is 7.90. The lowest BCUT2D eigenvalue weighted by molar-refractivity contribution is 0.188. The van der Waals surface area contributed by atoms with Crippen LogP contribution in [0.1, 0.15) is 19.9 Å². The van der Waals surface area contributed by atoms with E-state index in [1.165, 1.54) is 4.68 Å². The van der Waals surface area contributed by atoms with E-state index in [1.54, 1.807) is 25.7 Å². The molecule has 0 radical (unpaired) electrons. The van der Waals surface area contributed by atoms with Crippen LogP contribution in [0, 0.1) is 0 Å². The molecule has 1 aromatic carbocycles. The number of rotatable bonds is 6. The van der Waals surface area contributed by atoms with Gasteiger partial charge in [-0.05, 0) is 44.2 Å². The van der Waals surface area contributed by atoms with Crippen LogP contribution >= 0.6 is 0 Å². The fraction of sp³-hybridized carbons (Fsp3) is 0.261. The standard InChI is InChI=1S/C23H23N7O2/c1-15(2)29-14-24-27-22(29)19-5-4-6-21(26-19)30-23(31)18-12-20-16(11-17(18)13-25-30)7-8-28(20)9-10-32-3/h4-8,11-15H,9-10H2,1-3H3. The zero-order valence-electron chi connectivity index (χ0n) is 18.1. The van der Waals surface area contributed by atoms with Crippen LogP contribution in [0.4, 0.5) is 0 Å². The molecular weight excluding hydrogens is 406 g/mol. The van der Waals surface area contributed by atoms with Crippen LogP contribution in [-0.2, 0) is 11.3 Å². The fourth-order valence-electron chi connectivity index (χ4n) is 3.85. The molecule has 0 fully saturated rings. The highest BCUT2D eigenvalue weighted by molar-refractivity contribution is 5.96. The largest absolute Gasteiger partial charge is 0.383 e. The Morgan fingerprint density at radius 3 is 2.81 bits per heavy atom. The molecule has 9 nitrogen and oxygen atoms in total. The lowest BCUT2D eigenvalue weighted by Gasteiger charge is -2.11. The van der Waals surface area contributed by atoms with Gasteiger partial charge in [0.2, 0.25) is 0 Å². The Hall–Kier alpha value is -3.85. The lowest BCUT2D eigenvalue weighted by Crippen LogP contribution is -2.22. The first-order valence-electron chi connectivity index (χ1n) is 10.4. The zero-order chi connectivity index (χ0) is 22.2. The maximum atomic E-state index is 13.4. The highest BCUT2D eigenvalue weighted by Gasteiger charge is 2.14. The topological polar surface area (TPSA) is 92.7 Å². The first-order chi connectivity index (χ1) is 15.6. The van der Waals surface area contributed by atoms with Gasteiger partial charge in [-0.15, -0.1) is 10.2 Å². The van der Waals surface area contributed by atoms with E-state index in [2.05, 4.69) is 38.7 Å². The van der Waals surface area contributed by atoms with Crippen molar-refractivity contribution in [3.63, 3.8) is 0 Å². The van der Waals surface area contributed by atoms with Crippen LogP contribution in [-0.4, -0.2) is 47.8 Å². The second-order valence-corrected chi connectivity index (χ2v) is 7.90. The molecule has 0 aliphatic rings. The van der Waals surface area contributed by atoms with Crippen LogP contribution in [0.5, 0.6) is 0 Å². The number of ether oxygens (including phenoxy) is 1. The summed E-state index contributed by atoms with van der Waals surface area (Å²) in [6.45, 7) is 5.41. The van der Waals surface area contributed by atoms with E-state index in [0.717, 1.165) is 16.3 Å². The van der Waals surface area contributed by atoms with Crippen LogP contribution in [0.3, 0.4) is 0 Å². The predicted octanol–water partition coefficient (Wildman–Crippen LogP) is 3.22. The van der Waals surface area contributed by atoms with Gasteiger partial charge in [0.15, 0.2) is 11.6 Å². The van der Waals surface area contributed by atoms with Crippen molar-refractivity contribution in [3.8, 4) is 17.3 Å². The molecule has 32 heavy (non-hydrogen) atoms. The molecule has 0 aliphatic heterocycles. The van der Waals surface area contributed by atoms with Crippen molar-refractivity contribution < 1.29 is 4.74 Å². The van der Waals surface area contributed by atoms with Crippen LogP contribution in [0.15, 0.2) is 59.9 Å². The summed E-state index contributed by atoms with van der Waals surface area (Å²) in [4.78, 5) is 18.0. The van der Waals surface area contributed by atoms with E-state index in [4.69, 9.17) is 4.74 Å². The van der Waals surface area contributed by atoms with Gasteiger partial charge < -0.3 is 13.9 Å². The number of hydrogen-bond acceptors (Lipinski definition) is 6. The van der Waals surface area contributed by atoms with Gasteiger partial charge >= 0.3 is 0 Å². The van der Waals surface area contributed by atoms with Crippen LogP contribution in [0.25, 0.3) is 39.0 Å². The van der Waals surface area contributed by atoms with Crippen LogP contribution in [0.2, 0.25) is 0 Å². The Labute approximate surface area is 183 Å². The minimum Gasteiger partial charge on any atom is -0.383 e. The highest BCUT2D eigenvalue weighted by Crippen LogP contribution is 2.23. The number of pyridine rings is 1. The summed E-state index contributed by atoms with van der Waals surface area (Å²) >= 11 is 0. The van der Waals surface area contributed by atoms with Gasteiger partial charge in [-0.2, -0.15) is 9.78 Å². The molecule has 0 spiro atoms. The molecule has 0 atom stereocenters. The Balaban J connectivity index is 1.63. The summed E-state index contributed by atoms with van der Waals surface area (Å²) in [5.41, 5.74) is 1.39. The molecule has 0 saturated heterocycles. The highest BCUT2D eigenvalue weighted by atomic mass is 16.5. The number of aromatic nitrogens is 7. The number of methoxy groups -OCH3 is 1. The van der Waals surface area contributed by atoms with E-state index >= 15 is 0 Å². The molecular formula is C23H23N7O2. The first kappa shape index (κ1) is 20.1. The van der Waals surface area contributed by atoms with Gasteiger partial charge in [0.25, 0.3) is 5.56 Å². The van der Waals surface area contributed by atoms with Gasteiger partial charge in [0.1, 0.15) is 12.0 Å². The monoisotopic (exact) mass is 429 g/mol. The second kappa shape index (κ2) is 8.01. The Morgan fingerprint density at radius 1 is 1.12 bits per heavy atom. The Bertz CT molecular complexity index is 1480. The molecule has 0 bridgehead atoms. The van der Waals surface area contributed by atoms with Gasteiger partial charge in [0, 0.05) is 42.2 Å². The van der Waals surface area contributed by atoms with Gasteiger partial charge in [-0.1, -0.05) is 6.07 Å². The molecule has 4 aromatic heterocycles. The maximum absolute atomic E-state index is 13.4. The number of fused-ring (bicyclic) bond motifs is 2. The zero-order valence-corrected chi connectivity index (χ0v) is 18.1.